The third kappa shape index (κ3) is 3.94. The SMILES string of the molecule is COc1ccc(N2C(N)=C(C#N)C(c3ccc(Cl)cc3)C3=C2CC(C)(C)CC3=O)c(OC)c1. The minimum atomic E-state index is -0.550. The highest BCUT2D eigenvalue weighted by atomic mass is 35.5. The van der Waals surface area contributed by atoms with E-state index in [1.165, 1.54) is 0 Å². The Bertz CT molecular complexity index is 1220. The van der Waals surface area contributed by atoms with Gasteiger partial charge in [0.1, 0.15) is 17.3 Å². The average Bonchev–Trinajstić information content (AvgIpc) is 2.78. The Kier molecular flexibility index (Phi) is 5.85. The van der Waals surface area contributed by atoms with E-state index in [-0.39, 0.29) is 17.0 Å². The minimum Gasteiger partial charge on any atom is -0.497 e. The second kappa shape index (κ2) is 8.49. The van der Waals surface area contributed by atoms with Gasteiger partial charge in [-0.2, -0.15) is 5.26 Å². The fraction of sp³-hybridized carbons (Fsp3) is 0.308. The van der Waals surface area contributed by atoms with Gasteiger partial charge in [-0.1, -0.05) is 37.6 Å². The molecule has 0 radical (unpaired) electrons. The van der Waals surface area contributed by atoms with Gasteiger partial charge < -0.3 is 15.2 Å². The number of nitriles is 1. The molecular weight excluding hydrogens is 438 g/mol. The Hall–Kier alpha value is -3.43. The number of carbonyl (C=O) groups excluding carboxylic acids is 1. The van der Waals surface area contributed by atoms with Gasteiger partial charge in [-0.15, -0.1) is 0 Å². The summed E-state index contributed by atoms with van der Waals surface area (Å²) >= 11 is 6.10. The van der Waals surface area contributed by atoms with Gasteiger partial charge in [0.05, 0.1) is 37.5 Å². The van der Waals surface area contributed by atoms with E-state index < -0.39 is 5.92 Å². The van der Waals surface area contributed by atoms with Gasteiger partial charge in [0, 0.05) is 28.8 Å². The number of Topliss-reactive ketones (excluding diaryl/α,β-unsaturated/α-hetero) is 1. The highest BCUT2D eigenvalue weighted by molar-refractivity contribution is 6.30. The second-order valence-electron chi connectivity index (χ2n) is 9.07. The lowest BCUT2D eigenvalue weighted by molar-refractivity contribution is -0.118. The Morgan fingerprint density at radius 1 is 1.12 bits per heavy atom. The number of allylic oxidation sites excluding steroid dienone is 3. The highest BCUT2D eigenvalue weighted by Gasteiger charge is 2.45. The van der Waals surface area contributed by atoms with Crippen molar-refractivity contribution in [3.63, 3.8) is 0 Å². The molecule has 2 aliphatic rings. The van der Waals surface area contributed by atoms with Gasteiger partial charge in [0.15, 0.2) is 5.78 Å². The lowest BCUT2D eigenvalue weighted by Gasteiger charge is -2.44. The van der Waals surface area contributed by atoms with Crippen LogP contribution in [0.1, 0.15) is 38.2 Å². The summed E-state index contributed by atoms with van der Waals surface area (Å²) < 4.78 is 11.0. The van der Waals surface area contributed by atoms with Crippen LogP contribution in [0, 0.1) is 16.7 Å². The molecule has 1 unspecified atom stereocenters. The number of nitrogens with two attached hydrogens (primary N) is 1. The molecule has 2 aromatic rings. The summed E-state index contributed by atoms with van der Waals surface area (Å²) in [4.78, 5) is 15.4. The van der Waals surface area contributed by atoms with Crippen molar-refractivity contribution in [1.82, 2.24) is 0 Å². The number of halogens is 1. The molecule has 0 fully saturated rings. The Labute approximate surface area is 198 Å². The van der Waals surface area contributed by atoms with Crippen molar-refractivity contribution in [2.45, 2.75) is 32.6 Å². The summed E-state index contributed by atoms with van der Waals surface area (Å²) in [5, 5.41) is 10.8. The van der Waals surface area contributed by atoms with Crippen molar-refractivity contribution in [1.29, 1.82) is 5.26 Å². The molecule has 0 aromatic heterocycles. The number of rotatable bonds is 4. The third-order valence-electron chi connectivity index (χ3n) is 6.21. The lowest BCUT2D eigenvalue weighted by atomic mass is 9.68. The molecule has 0 amide bonds. The van der Waals surface area contributed by atoms with Gasteiger partial charge in [0.25, 0.3) is 0 Å². The third-order valence-corrected chi connectivity index (χ3v) is 6.46. The van der Waals surface area contributed by atoms with Crippen LogP contribution in [0.25, 0.3) is 0 Å². The molecule has 0 spiro atoms. The van der Waals surface area contributed by atoms with Crippen molar-refractivity contribution >= 4 is 23.1 Å². The molecule has 0 bridgehead atoms. The maximum Gasteiger partial charge on any atom is 0.162 e. The molecule has 1 aliphatic carbocycles. The number of ketones is 1. The number of carbonyl (C=O) groups is 1. The number of nitrogens with zero attached hydrogens (tertiary/aromatic N) is 2. The minimum absolute atomic E-state index is 0.0129. The van der Waals surface area contributed by atoms with E-state index >= 15 is 0 Å². The quantitative estimate of drug-likeness (QED) is 0.662. The molecule has 33 heavy (non-hydrogen) atoms. The van der Waals surface area contributed by atoms with Crippen LogP contribution in [0.4, 0.5) is 5.69 Å². The summed E-state index contributed by atoms with van der Waals surface area (Å²) in [5.74, 6) is 0.904. The average molecular weight is 464 g/mol. The van der Waals surface area contributed by atoms with Crippen LogP contribution < -0.4 is 20.1 Å². The number of methoxy groups -OCH3 is 2. The molecule has 2 aromatic carbocycles. The standard InChI is InChI=1S/C26H26ClN3O3/c1-26(2)12-20-24(21(31)13-26)23(15-5-7-16(27)8-6-15)18(14-28)25(29)30(20)19-10-9-17(32-3)11-22(19)33-4/h5-11,23H,12-13,29H2,1-4H3. The molecule has 1 atom stereocenters. The van der Waals surface area contributed by atoms with E-state index in [1.54, 1.807) is 43.4 Å². The summed E-state index contributed by atoms with van der Waals surface area (Å²) in [5.41, 5.74) is 9.58. The van der Waals surface area contributed by atoms with Crippen molar-refractivity contribution < 1.29 is 14.3 Å². The zero-order valence-electron chi connectivity index (χ0n) is 19.1. The first kappa shape index (κ1) is 22.8. The van der Waals surface area contributed by atoms with Crippen molar-refractivity contribution in [2.24, 2.45) is 11.1 Å². The summed E-state index contributed by atoms with van der Waals surface area (Å²) in [6.45, 7) is 4.13. The number of anilines is 1. The number of benzene rings is 2. The van der Waals surface area contributed by atoms with Gasteiger partial charge in [-0.25, -0.2) is 0 Å². The largest absolute Gasteiger partial charge is 0.497 e. The predicted octanol–water partition coefficient (Wildman–Crippen LogP) is 5.30. The predicted molar refractivity (Wildman–Crippen MR) is 128 cm³/mol. The molecule has 170 valence electrons. The van der Waals surface area contributed by atoms with E-state index in [9.17, 15) is 10.1 Å². The lowest BCUT2D eigenvalue weighted by Crippen LogP contribution is -2.42. The van der Waals surface area contributed by atoms with Crippen molar-refractivity contribution in [3.8, 4) is 17.6 Å². The van der Waals surface area contributed by atoms with Crippen LogP contribution in [0.3, 0.4) is 0 Å². The molecular formula is C26H26ClN3O3. The van der Waals surface area contributed by atoms with E-state index in [2.05, 4.69) is 19.9 Å². The van der Waals surface area contributed by atoms with E-state index in [1.807, 2.05) is 18.2 Å². The van der Waals surface area contributed by atoms with Crippen LogP contribution in [0.2, 0.25) is 5.02 Å². The molecule has 6 nitrogen and oxygen atoms in total. The molecule has 0 saturated carbocycles. The monoisotopic (exact) mass is 463 g/mol. The van der Waals surface area contributed by atoms with Crippen LogP contribution in [-0.4, -0.2) is 20.0 Å². The van der Waals surface area contributed by atoms with Crippen LogP contribution in [-0.2, 0) is 4.79 Å². The van der Waals surface area contributed by atoms with Gasteiger partial charge in [0.2, 0.25) is 0 Å². The van der Waals surface area contributed by atoms with E-state index in [4.69, 9.17) is 26.8 Å². The maximum atomic E-state index is 13.6. The molecule has 1 aliphatic heterocycles. The molecule has 1 heterocycles. The zero-order chi connectivity index (χ0) is 23.9. The smallest absolute Gasteiger partial charge is 0.162 e. The Balaban J connectivity index is 2.01. The topological polar surface area (TPSA) is 88.6 Å². The van der Waals surface area contributed by atoms with Gasteiger partial charge >= 0.3 is 0 Å². The van der Waals surface area contributed by atoms with Gasteiger partial charge in [-0.3, -0.25) is 9.69 Å². The first-order valence-corrected chi connectivity index (χ1v) is 11.0. The highest BCUT2D eigenvalue weighted by Crippen LogP contribution is 2.51. The molecule has 4 rings (SSSR count). The maximum absolute atomic E-state index is 13.6. The number of ether oxygens (including phenoxy) is 2. The number of hydrogen-bond donors (Lipinski definition) is 1. The van der Waals surface area contributed by atoms with Crippen molar-refractivity contribution in [3.05, 3.63) is 75.7 Å². The fourth-order valence-electron chi connectivity index (χ4n) is 4.74. The summed E-state index contributed by atoms with van der Waals surface area (Å²) in [6, 6.07) is 14.9. The first-order valence-electron chi connectivity index (χ1n) is 10.6. The Morgan fingerprint density at radius 2 is 1.82 bits per heavy atom. The fourth-order valence-corrected chi connectivity index (χ4v) is 4.87. The second-order valence-corrected chi connectivity index (χ2v) is 9.51. The molecule has 0 saturated heterocycles. The van der Waals surface area contributed by atoms with E-state index in [0.29, 0.717) is 46.2 Å². The molecule has 2 N–H and O–H groups in total. The van der Waals surface area contributed by atoms with Crippen LogP contribution >= 0.6 is 11.6 Å². The number of hydrogen-bond acceptors (Lipinski definition) is 6. The van der Waals surface area contributed by atoms with Crippen LogP contribution in [0.5, 0.6) is 11.5 Å². The Morgan fingerprint density at radius 3 is 2.42 bits per heavy atom. The van der Waals surface area contributed by atoms with E-state index in [0.717, 1.165) is 11.3 Å². The summed E-state index contributed by atoms with van der Waals surface area (Å²) in [7, 11) is 3.14. The summed E-state index contributed by atoms with van der Waals surface area (Å²) in [6.07, 6.45) is 1.01. The first-order chi connectivity index (χ1) is 15.7. The van der Waals surface area contributed by atoms with Gasteiger partial charge in [-0.05, 0) is 41.7 Å². The zero-order valence-corrected chi connectivity index (χ0v) is 19.9. The molecule has 7 heteroatoms. The normalized spacial score (nSPS) is 19.8. The van der Waals surface area contributed by atoms with Crippen molar-refractivity contribution in [2.75, 3.05) is 19.1 Å². The van der Waals surface area contributed by atoms with Crippen LogP contribution in [0.15, 0.2) is 65.1 Å².